The van der Waals surface area contributed by atoms with Gasteiger partial charge >= 0.3 is 0 Å². The summed E-state index contributed by atoms with van der Waals surface area (Å²) >= 11 is 0. The first-order valence-corrected chi connectivity index (χ1v) is 18.3. The molecule has 0 aliphatic heterocycles. The number of benzene rings is 8. The topological polar surface area (TPSA) is 62.4 Å². The van der Waals surface area contributed by atoms with E-state index in [9.17, 15) is 10.5 Å². The van der Waals surface area contributed by atoms with E-state index in [0.717, 1.165) is 71.5 Å². The molecule has 3 aromatic heterocycles. The van der Waals surface area contributed by atoms with E-state index in [0.29, 0.717) is 22.5 Å². The van der Waals surface area contributed by atoms with Crippen molar-refractivity contribution in [2.75, 3.05) is 0 Å². The Labute approximate surface area is 316 Å². The van der Waals surface area contributed by atoms with E-state index in [1.807, 2.05) is 48.5 Å². The van der Waals surface area contributed by atoms with Crippen LogP contribution in [0, 0.1) is 22.7 Å². The van der Waals surface area contributed by atoms with Crippen molar-refractivity contribution >= 4 is 65.4 Å². The van der Waals surface area contributed by atoms with Gasteiger partial charge in [-0.2, -0.15) is 10.5 Å². The van der Waals surface area contributed by atoms with Crippen LogP contribution in [0.5, 0.6) is 0 Å². The van der Waals surface area contributed by atoms with Gasteiger partial charge in [0.1, 0.15) is 11.6 Å². The van der Waals surface area contributed by atoms with Gasteiger partial charge in [-0.15, -0.1) is 0 Å². The van der Waals surface area contributed by atoms with Gasteiger partial charge in [0, 0.05) is 38.0 Å². The van der Waals surface area contributed by atoms with Crippen molar-refractivity contribution in [2.45, 2.75) is 0 Å². The number of rotatable bonds is 4. The first kappa shape index (κ1) is 30.7. The molecule has 0 saturated heterocycles. The van der Waals surface area contributed by atoms with Crippen LogP contribution >= 0.6 is 0 Å². The molecule has 0 N–H and O–H groups in total. The molecule has 0 saturated carbocycles. The summed E-state index contributed by atoms with van der Waals surface area (Å²) in [6.07, 6.45) is 0. The van der Waals surface area contributed by atoms with E-state index in [1.54, 1.807) is 0 Å². The second-order valence-corrected chi connectivity index (χ2v) is 14.0. The van der Waals surface area contributed by atoms with Crippen LogP contribution in [-0.4, -0.2) is 13.7 Å². The molecule has 5 heteroatoms. The molecule has 0 atom stereocenters. The summed E-state index contributed by atoms with van der Waals surface area (Å²) in [7, 11) is 0. The fourth-order valence-corrected chi connectivity index (χ4v) is 8.84. The molecular weight excluding hydrogens is 671 g/mol. The summed E-state index contributed by atoms with van der Waals surface area (Å²) in [6, 6.07) is 65.9. The lowest BCUT2D eigenvalue weighted by Gasteiger charge is -2.16. The molecule has 0 spiro atoms. The Hall–Kier alpha value is -7.86. The van der Waals surface area contributed by atoms with Gasteiger partial charge in [0.15, 0.2) is 0 Å². The quantitative estimate of drug-likeness (QED) is 0.184. The number of nitrogens with zero attached hydrogens (tertiary/aromatic N) is 5. The maximum absolute atomic E-state index is 11.1. The van der Waals surface area contributed by atoms with Crippen molar-refractivity contribution in [3.8, 4) is 40.3 Å². The molecular formula is C50H29N5. The first-order valence-electron chi connectivity index (χ1n) is 18.3. The van der Waals surface area contributed by atoms with Crippen LogP contribution in [0.25, 0.3) is 93.6 Å². The lowest BCUT2D eigenvalue weighted by Crippen LogP contribution is -2.05. The second-order valence-electron chi connectivity index (χ2n) is 14.0. The first-order chi connectivity index (χ1) is 27.2. The maximum atomic E-state index is 11.1. The lowest BCUT2D eigenvalue weighted by atomic mass is 9.98. The maximum Gasteiger partial charge on any atom is 0.104 e. The monoisotopic (exact) mass is 699 g/mol. The average Bonchev–Trinajstić information content (AvgIpc) is 3.89. The molecule has 55 heavy (non-hydrogen) atoms. The molecule has 0 bridgehead atoms. The summed E-state index contributed by atoms with van der Waals surface area (Å²) in [6.45, 7) is 0. The molecule has 0 amide bonds. The van der Waals surface area contributed by atoms with Crippen LogP contribution in [-0.2, 0) is 0 Å². The van der Waals surface area contributed by atoms with Gasteiger partial charge in [-0.1, -0.05) is 109 Å². The Kier molecular flexibility index (Phi) is 6.61. The number of hydrogen-bond donors (Lipinski definition) is 0. The highest BCUT2D eigenvalue weighted by atomic mass is 15.0. The standard InChI is InChI=1S/C50H29N5/c51-30-32-27-48(54-43-21-9-4-15-36(43)37-16-5-10-22-44(37)54)41(31-52)49(28-32)55-45-23-11-7-18-39(45)50-35(19-12-24-47(50)55)33-25-26-46-40(29-33)38-17-6-8-20-42(38)53(46)34-13-2-1-3-14-34/h1-29H. The minimum atomic E-state index is 0.480. The molecule has 0 radical (unpaired) electrons. The molecule has 8 aromatic carbocycles. The summed E-state index contributed by atoms with van der Waals surface area (Å²) in [5, 5.41) is 28.3. The second kappa shape index (κ2) is 11.8. The van der Waals surface area contributed by atoms with Crippen LogP contribution < -0.4 is 0 Å². The summed E-state index contributed by atoms with van der Waals surface area (Å²) < 4.78 is 6.64. The third-order valence-corrected chi connectivity index (χ3v) is 11.1. The molecule has 0 aliphatic carbocycles. The average molecular weight is 700 g/mol. The van der Waals surface area contributed by atoms with Gasteiger partial charge in [-0.05, 0) is 77.9 Å². The van der Waals surface area contributed by atoms with Gasteiger partial charge in [0.05, 0.1) is 56.1 Å². The van der Waals surface area contributed by atoms with E-state index in [1.165, 1.54) is 10.8 Å². The van der Waals surface area contributed by atoms with Crippen molar-refractivity contribution in [1.29, 1.82) is 10.5 Å². The van der Waals surface area contributed by atoms with Crippen LogP contribution in [0.4, 0.5) is 0 Å². The Morgan fingerprint density at radius 3 is 1.47 bits per heavy atom. The van der Waals surface area contributed by atoms with Crippen molar-refractivity contribution in [1.82, 2.24) is 13.7 Å². The molecule has 11 rings (SSSR count). The Morgan fingerprint density at radius 2 is 0.855 bits per heavy atom. The van der Waals surface area contributed by atoms with Crippen LogP contribution in [0.2, 0.25) is 0 Å². The highest BCUT2D eigenvalue weighted by Gasteiger charge is 2.23. The molecule has 254 valence electrons. The third-order valence-electron chi connectivity index (χ3n) is 11.1. The number of fused-ring (bicyclic) bond motifs is 9. The van der Waals surface area contributed by atoms with Gasteiger partial charge in [-0.25, -0.2) is 0 Å². The molecule has 0 aliphatic rings. The van der Waals surface area contributed by atoms with Crippen molar-refractivity contribution in [2.24, 2.45) is 0 Å². The minimum absolute atomic E-state index is 0.480. The molecule has 0 unspecified atom stereocenters. The molecule has 3 heterocycles. The fraction of sp³-hybridized carbons (Fsp3) is 0. The Balaban J connectivity index is 1.20. The summed E-state index contributed by atoms with van der Waals surface area (Å²) in [5.41, 5.74) is 11.9. The van der Waals surface area contributed by atoms with Gasteiger partial charge in [0.25, 0.3) is 0 Å². The highest BCUT2D eigenvalue weighted by molar-refractivity contribution is 6.18. The Morgan fingerprint density at radius 1 is 0.364 bits per heavy atom. The summed E-state index contributed by atoms with van der Waals surface area (Å²) in [4.78, 5) is 0. The highest BCUT2D eigenvalue weighted by Crippen LogP contribution is 2.43. The van der Waals surface area contributed by atoms with Gasteiger partial charge in [0.2, 0.25) is 0 Å². The zero-order valence-corrected chi connectivity index (χ0v) is 29.5. The van der Waals surface area contributed by atoms with Gasteiger partial charge < -0.3 is 13.7 Å². The Bertz CT molecular complexity index is 3400. The molecule has 0 fully saturated rings. The van der Waals surface area contributed by atoms with E-state index in [2.05, 4.69) is 153 Å². The third kappa shape index (κ3) is 4.39. The van der Waals surface area contributed by atoms with Crippen LogP contribution in [0.3, 0.4) is 0 Å². The summed E-state index contributed by atoms with van der Waals surface area (Å²) in [5.74, 6) is 0. The van der Waals surface area contributed by atoms with Crippen molar-refractivity contribution in [3.63, 3.8) is 0 Å². The van der Waals surface area contributed by atoms with E-state index < -0.39 is 0 Å². The normalized spacial score (nSPS) is 11.6. The van der Waals surface area contributed by atoms with Crippen molar-refractivity contribution in [3.05, 3.63) is 187 Å². The number of nitriles is 2. The number of aromatic nitrogens is 3. The van der Waals surface area contributed by atoms with Gasteiger partial charge in [-0.3, -0.25) is 0 Å². The minimum Gasteiger partial charge on any atom is -0.309 e. The number of para-hydroxylation sites is 5. The van der Waals surface area contributed by atoms with E-state index in [-0.39, 0.29) is 0 Å². The van der Waals surface area contributed by atoms with Crippen molar-refractivity contribution < 1.29 is 0 Å². The number of hydrogen-bond acceptors (Lipinski definition) is 2. The lowest BCUT2D eigenvalue weighted by molar-refractivity contribution is 1.11. The van der Waals surface area contributed by atoms with E-state index >= 15 is 0 Å². The SMILES string of the molecule is N#Cc1cc(-n2c3ccccc3c3ccccc32)c(C#N)c(-n2c3ccccc3c3c(-c4ccc5c(c4)c4ccccc4n5-c4ccccc4)cccc32)c1. The predicted molar refractivity (Wildman–Crippen MR) is 224 cm³/mol. The molecule has 5 nitrogen and oxygen atoms in total. The largest absolute Gasteiger partial charge is 0.309 e. The smallest absolute Gasteiger partial charge is 0.104 e. The molecule has 11 aromatic rings. The zero-order chi connectivity index (χ0) is 36.6. The van der Waals surface area contributed by atoms with Crippen LogP contribution in [0.15, 0.2) is 176 Å². The zero-order valence-electron chi connectivity index (χ0n) is 29.5. The van der Waals surface area contributed by atoms with E-state index in [4.69, 9.17) is 0 Å². The predicted octanol–water partition coefficient (Wildman–Crippen LogP) is 12.4. The fourth-order valence-electron chi connectivity index (χ4n) is 8.84. The van der Waals surface area contributed by atoms with Crippen LogP contribution in [0.1, 0.15) is 11.1 Å².